The van der Waals surface area contributed by atoms with Gasteiger partial charge in [-0.1, -0.05) is 12.1 Å². The van der Waals surface area contributed by atoms with E-state index in [-0.39, 0.29) is 5.91 Å². The summed E-state index contributed by atoms with van der Waals surface area (Å²) in [5, 5.41) is 6.09. The van der Waals surface area contributed by atoms with Gasteiger partial charge in [0.15, 0.2) is 0 Å². The van der Waals surface area contributed by atoms with E-state index in [2.05, 4.69) is 26.7 Å². The molecule has 1 heterocycles. The normalized spacial score (nSPS) is 10.4. The van der Waals surface area contributed by atoms with Crippen molar-refractivity contribution < 1.29 is 9.53 Å². The van der Waals surface area contributed by atoms with Crippen molar-refractivity contribution in [1.29, 1.82) is 0 Å². The maximum atomic E-state index is 12.6. The molecule has 0 saturated carbocycles. The molecule has 2 aromatic carbocycles. The van der Waals surface area contributed by atoms with Crippen LogP contribution in [0.4, 0.5) is 17.2 Å². The Morgan fingerprint density at radius 3 is 2.37 bits per heavy atom. The monoisotopic (exact) mass is 362 g/mol. The summed E-state index contributed by atoms with van der Waals surface area (Å²) >= 11 is 0. The van der Waals surface area contributed by atoms with E-state index in [1.54, 1.807) is 20.1 Å². The van der Waals surface area contributed by atoms with Crippen LogP contribution in [-0.4, -0.2) is 23.0 Å². The quantitative estimate of drug-likeness (QED) is 0.703. The molecule has 6 nitrogen and oxygen atoms in total. The molecule has 3 rings (SSSR count). The summed E-state index contributed by atoms with van der Waals surface area (Å²) in [5.74, 6) is 1.51. The number of amides is 1. The largest absolute Gasteiger partial charge is 0.497 e. The Morgan fingerprint density at radius 1 is 0.926 bits per heavy atom. The third-order valence-electron chi connectivity index (χ3n) is 3.89. The second-order valence-electron chi connectivity index (χ2n) is 6.37. The second-order valence-corrected chi connectivity index (χ2v) is 6.37. The summed E-state index contributed by atoms with van der Waals surface area (Å²) in [7, 11) is 1.61. The number of benzene rings is 2. The van der Waals surface area contributed by atoms with Crippen LogP contribution in [0.2, 0.25) is 0 Å². The summed E-state index contributed by atoms with van der Waals surface area (Å²) in [6.07, 6.45) is 0. The first-order valence-corrected chi connectivity index (χ1v) is 8.59. The fourth-order valence-corrected chi connectivity index (χ4v) is 2.84. The van der Waals surface area contributed by atoms with Crippen molar-refractivity contribution in [2.45, 2.75) is 20.8 Å². The molecule has 1 amide bonds. The van der Waals surface area contributed by atoms with Crippen LogP contribution >= 0.6 is 0 Å². The first kappa shape index (κ1) is 18.4. The highest BCUT2D eigenvalue weighted by Crippen LogP contribution is 2.21. The van der Waals surface area contributed by atoms with Gasteiger partial charge in [-0.05, 0) is 56.2 Å². The van der Waals surface area contributed by atoms with Crippen molar-refractivity contribution in [3.63, 3.8) is 0 Å². The van der Waals surface area contributed by atoms with Gasteiger partial charge in [-0.15, -0.1) is 0 Å². The number of nitrogens with one attached hydrogen (secondary N) is 2. The molecule has 0 radical (unpaired) electrons. The molecule has 138 valence electrons. The number of anilines is 3. The van der Waals surface area contributed by atoms with Gasteiger partial charge in [0, 0.05) is 23.5 Å². The van der Waals surface area contributed by atoms with Gasteiger partial charge in [0.2, 0.25) is 0 Å². The van der Waals surface area contributed by atoms with E-state index in [9.17, 15) is 4.79 Å². The number of aryl methyl sites for hydroxylation is 3. The standard InChI is InChI=1S/C21H22N4O2/c1-13-8-14(2)10-17(9-13)25-21(26)19-12-20(23-15(3)22-19)24-16-6-5-7-18(11-16)27-4/h5-12H,1-4H3,(H,25,26)(H,22,23,24). The molecule has 0 unspecified atom stereocenters. The third-order valence-corrected chi connectivity index (χ3v) is 3.89. The molecule has 0 fully saturated rings. The number of nitrogens with zero attached hydrogens (tertiary/aromatic N) is 2. The molecule has 1 aromatic heterocycles. The van der Waals surface area contributed by atoms with Crippen molar-refractivity contribution in [3.05, 3.63) is 71.2 Å². The molecule has 0 aliphatic heterocycles. The van der Waals surface area contributed by atoms with Crippen LogP contribution < -0.4 is 15.4 Å². The zero-order valence-corrected chi connectivity index (χ0v) is 15.8. The molecule has 0 saturated heterocycles. The van der Waals surface area contributed by atoms with E-state index in [0.29, 0.717) is 17.3 Å². The van der Waals surface area contributed by atoms with Crippen molar-refractivity contribution in [2.24, 2.45) is 0 Å². The number of rotatable bonds is 5. The lowest BCUT2D eigenvalue weighted by atomic mass is 10.1. The van der Waals surface area contributed by atoms with E-state index < -0.39 is 0 Å². The number of carbonyl (C=O) groups is 1. The Morgan fingerprint density at radius 2 is 1.67 bits per heavy atom. The molecule has 3 aromatic rings. The van der Waals surface area contributed by atoms with Crippen LogP contribution in [0, 0.1) is 20.8 Å². The number of ether oxygens (including phenoxy) is 1. The lowest BCUT2D eigenvalue weighted by Gasteiger charge is -2.11. The van der Waals surface area contributed by atoms with E-state index in [1.165, 1.54) is 0 Å². The highest BCUT2D eigenvalue weighted by Gasteiger charge is 2.12. The minimum absolute atomic E-state index is 0.279. The van der Waals surface area contributed by atoms with Gasteiger partial charge in [0.1, 0.15) is 23.1 Å². The van der Waals surface area contributed by atoms with E-state index in [1.807, 2.05) is 50.2 Å². The molecular formula is C21H22N4O2. The molecule has 27 heavy (non-hydrogen) atoms. The molecule has 2 N–H and O–H groups in total. The molecule has 0 aliphatic carbocycles. The van der Waals surface area contributed by atoms with Crippen LogP contribution in [0.5, 0.6) is 5.75 Å². The minimum Gasteiger partial charge on any atom is -0.497 e. The van der Waals surface area contributed by atoms with Crippen molar-refractivity contribution in [2.75, 3.05) is 17.7 Å². The zero-order chi connectivity index (χ0) is 19.4. The number of aromatic nitrogens is 2. The van der Waals surface area contributed by atoms with E-state index in [0.717, 1.165) is 28.3 Å². The Hall–Kier alpha value is -3.41. The van der Waals surface area contributed by atoms with Crippen molar-refractivity contribution >= 4 is 23.1 Å². The molecular weight excluding hydrogens is 340 g/mol. The Labute approximate surface area is 158 Å². The molecule has 6 heteroatoms. The summed E-state index contributed by atoms with van der Waals surface area (Å²) in [6, 6.07) is 15.0. The Balaban J connectivity index is 1.82. The minimum atomic E-state index is -0.279. The topological polar surface area (TPSA) is 76.1 Å². The molecule has 0 aliphatic rings. The zero-order valence-electron chi connectivity index (χ0n) is 15.8. The summed E-state index contributed by atoms with van der Waals surface area (Å²) in [6.45, 7) is 5.74. The molecule has 0 spiro atoms. The summed E-state index contributed by atoms with van der Waals surface area (Å²) in [4.78, 5) is 21.3. The maximum absolute atomic E-state index is 12.6. The van der Waals surface area contributed by atoms with Gasteiger partial charge in [-0.2, -0.15) is 0 Å². The highest BCUT2D eigenvalue weighted by molar-refractivity contribution is 6.03. The molecule has 0 bridgehead atoms. The number of carbonyl (C=O) groups excluding carboxylic acids is 1. The van der Waals surface area contributed by atoms with Crippen LogP contribution in [0.1, 0.15) is 27.4 Å². The lowest BCUT2D eigenvalue weighted by molar-refractivity contribution is 0.102. The van der Waals surface area contributed by atoms with E-state index >= 15 is 0 Å². The van der Waals surface area contributed by atoms with Gasteiger partial charge in [-0.25, -0.2) is 9.97 Å². The summed E-state index contributed by atoms with van der Waals surface area (Å²) in [5.41, 5.74) is 4.03. The van der Waals surface area contributed by atoms with Gasteiger partial charge < -0.3 is 15.4 Å². The van der Waals surface area contributed by atoms with Crippen LogP contribution in [0.25, 0.3) is 0 Å². The van der Waals surface area contributed by atoms with Gasteiger partial charge in [0.25, 0.3) is 5.91 Å². The Kier molecular flexibility index (Phi) is 5.35. The first-order chi connectivity index (χ1) is 12.9. The fraction of sp³-hybridized carbons (Fsp3) is 0.190. The van der Waals surface area contributed by atoms with Gasteiger partial charge in [0.05, 0.1) is 7.11 Å². The average Bonchev–Trinajstić information content (AvgIpc) is 2.60. The predicted octanol–water partition coefficient (Wildman–Crippen LogP) is 4.41. The average molecular weight is 362 g/mol. The highest BCUT2D eigenvalue weighted by atomic mass is 16.5. The smallest absolute Gasteiger partial charge is 0.274 e. The first-order valence-electron chi connectivity index (χ1n) is 8.59. The third kappa shape index (κ3) is 4.82. The Bertz CT molecular complexity index is 965. The fourth-order valence-electron chi connectivity index (χ4n) is 2.84. The number of hydrogen-bond acceptors (Lipinski definition) is 5. The van der Waals surface area contributed by atoms with Gasteiger partial charge in [-0.3, -0.25) is 4.79 Å². The van der Waals surface area contributed by atoms with Crippen molar-refractivity contribution in [1.82, 2.24) is 9.97 Å². The van der Waals surface area contributed by atoms with Crippen LogP contribution in [-0.2, 0) is 0 Å². The van der Waals surface area contributed by atoms with Gasteiger partial charge >= 0.3 is 0 Å². The molecule has 0 atom stereocenters. The summed E-state index contributed by atoms with van der Waals surface area (Å²) < 4.78 is 5.23. The predicted molar refractivity (Wildman–Crippen MR) is 107 cm³/mol. The van der Waals surface area contributed by atoms with E-state index in [4.69, 9.17) is 4.74 Å². The number of methoxy groups -OCH3 is 1. The van der Waals surface area contributed by atoms with Crippen LogP contribution in [0.15, 0.2) is 48.5 Å². The number of hydrogen-bond donors (Lipinski definition) is 2. The van der Waals surface area contributed by atoms with Crippen LogP contribution in [0.3, 0.4) is 0 Å². The maximum Gasteiger partial charge on any atom is 0.274 e. The second kappa shape index (κ2) is 7.86. The van der Waals surface area contributed by atoms with Crippen molar-refractivity contribution in [3.8, 4) is 5.75 Å². The lowest BCUT2D eigenvalue weighted by Crippen LogP contribution is -2.15. The SMILES string of the molecule is COc1cccc(Nc2cc(C(=O)Nc3cc(C)cc(C)c3)nc(C)n2)c1.